The molecule has 0 aromatic heterocycles. The van der Waals surface area contributed by atoms with Crippen molar-refractivity contribution in [2.24, 2.45) is 11.5 Å². The highest BCUT2D eigenvalue weighted by molar-refractivity contribution is 6.32. The number of carbonyl (C=O) groups is 7. The summed E-state index contributed by atoms with van der Waals surface area (Å²) in [6.45, 7) is -2.83. The summed E-state index contributed by atoms with van der Waals surface area (Å²) < 4.78 is 56.1. The van der Waals surface area contributed by atoms with Crippen LogP contribution in [0.25, 0.3) is 11.1 Å². The number of aromatic hydroxyl groups is 4. The number of primary amides is 1. The van der Waals surface area contributed by atoms with Crippen LogP contribution in [0, 0.1) is 0 Å². The number of nitrogens with one attached hydrogen (secondary N) is 5. The first kappa shape index (κ1) is 83.0. The number of fused-ring (bicyclic) bond motifs is 15. The maximum Gasteiger partial charge on any atom is 0.330 e. The minimum Gasteiger partial charge on any atom is -0.508 e. The summed E-state index contributed by atoms with van der Waals surface area (Å²) in [6, 6.07) is 8.04. The molecule has 40 heteroatoms. The molecule has 8 aliphatic rings. The lowest BCUT2D eigenvalue weighted by atomic mass is 9.89. The molecular weight excluding hydrogens is 1580 g/mol. The van der Waals surface area contributed by atoms with Gasteiger partial charge >= 0.3 is 5.97 Å². The summed E-state index contributed by atoms with van der Waals surface area (Å²) in [4.78, 5) is 106. The number of halogens is 2. The molecule has 38 nitrogen and oxygen atoms in total. The Morgan fingerprint density at radius 1 is 0.526 bits per heavy atom. The van der Waals surface area contributed by atoms with E-state index in [1.54, 1.807) is 0 Å². The van der Waals surface area contributed by atoms with E-state index in [4.69, 9.17) is 77.3 Å². The number of carbonyl (C=O) groups excluding carboxylic acids is 6. The van der Waals surface area contributed by atoms with Gasteiger partial charge in [0, 0.05) is 48.1 Å². The number of aryl methyl sites for hydroxylation is 1. The number of phenols is 4. The maximum absolute atomic E-state index is 16.6. The average Bonchev–Trinajstić information content (AvgIpc) is 0.757. The number of phenolic OH excluding ortho intramolecular Hbond substituents is 4. The number of carboxylic acids is 1. The second kappa shape index (κ2) is 34.4. The fourth-order valence-corrected chi connectivity index (χ4v) is 14.5. The number of aliphatic carboxylic acids is 1. The van der Waals surface area contributed by atoms with Crippen molar-refractivity contribution >= 4 is 64.6 Å². The lowest BCUT2D eigenvalue weighted by molar-refractivity contribution is -0.277. The molecule has 0 saturated carbocycles. The molecule has 24 N–H and O–H groups in total. The van der Waals surface area contributed by atoms with Crippen molar-refractivity contribution in [3.8, 4) is 80.1 Å². The van der Waals surface area contributed by atoms with E-state index in [1.165, 1.54) is 30.3 Å². The molecule has 3 saturated heterocycles. The summed E-state index contributed by atoms with van der Waals surface area (Å²) in [5.41, 5.74) is 8.56. The molecule has 15 rings (SSSR count). The van der Waals surface area contributed by atoms with Crippen LogP contribution in [0.2, 0.25) is 10.0 Å². The van der Waals surface area contributed by atoms with E-state index in [0.717, 1.165) is 84.9 Å². The number of ether oxygens (including phenoxy) is 9. The number of aliphatic hydroxyl groups is 10. The van der Waals surface area contributed by atoms with E-state index in [2.05, 4.69) is 26.6 Å². The molecule has 0 radical (unpaired) electrons. The molecule has 1 unspecified atom stereocenters. The molecule has 8 aliphatic heterocycles. The fraction of sp³-hybridized carbons (Fsp3) is 0.355. The van der Waals surface area contributed by atoms with Gasteiger partial charge in [0.25, 0.3) is 0 Å². The molecule has 20 atom stereocenters. The monoisotopic (exact) mass is 1650 g/mol. The maximum atomic E-state index is 16.6. The second-order valence-electron chi connectivity index (χ2n) is 28.0. The van der Waals surface area contributed by atoms with Crippen molar-refractivity contribution in [3.63, 3.8) is 0 Å². The first-order valence-electron chi connectivity index (χ1n) is 35.8. The van der Waals surface area contributed by atoms with Gasteiger partial charge in [-0.25, -0.2) is 4.79 Å². The molecule has 7 aromatic carbocycles. The van der Waals surface area contributed by atoms with Crippen molar-refractivity contribution < 1.29 is 153 Å². The van der Waals surface area contributed by atoms with Gasteiger partial charge in [-0.15, -0.1) is 0 Å². The fourth-order valence-electron chi connectivity index (χ4n) is 14.0. The Hall–Kier alpha value is -11.0. The summed E-state index contributed by atoms with van der Waals surface area (Å²) in [7, 11) is 0. The zero-order valence-electron chi connectivity index (χ0n) is 60.1. The molecule has 3 fully saturated rings. The van der Waals surface area contributed by atoms with Crippen molar-refractivity contribution in [1.82, 2.24) is 26.6 Å². The predicted molar refractivity (Wildman–Crippen MR) is 392 cm³/mol. The van der Waals surface area contributed by atoms with Gasteiger partial charge in [0.05, 0.1) is 42.1 Å². The third-order valence-electron chi connectivity index (χ3n) is 20.1. The number of rotatable bonds is 15. The summed E-state index contributed by atoms with van der Waals surface area (Å²) in [6.07, 6.45) is -27.4. The average molecular weight is 1660 g/mol. The zero-order chi connectivity index (χ0) is 83.2. The van der Waals surface area contributed by atoms with Crippen LogP contribution in [-0.4, -0.2) is 224 Å². The molecule has 8 heterocycles. The minimum atomic E-state index is -2.48. The first-order valence-corrected chi connectivity index (χ1v) is 36.5. The topological polar surface area (TPSA) is 618 Å². The van der Waals surface area contributed by atoms with Crippen LogP contribution in [0.1, 0.15) is 94.5 Å². The number of hydrogen-bond acceptors (Lipinski definition) is 31. The van der Waals surface area contributed by atoms with Gasteiger partial charge < -0.3 is 157 Å². The molecule has 6 amide bonds. The van der Waals surface area contributed by atoms with Crippen molar-refractivity contribution in [2.45, 2.75) is 148 Å². The van der Waals surface area contributed by atoms with Crippen LogP contribution in [-0.2, 0) is 58.9 Å². The van der Waals surface area contributed by atoms with Crippen LogP contribution in [0.3, 0.4) is 0 Å². The zero-order valence-corrected chi connectivity index (χ0v) is 61.6. The number of amides is 6. The number of nitrogens with two attached hydrogens (primary N) is 2. The number of hydrogen-bond donors (Lipinski definition) is 22. The van der Waals surface area contributed by atoms with Crippen LogP contribution in [0.5, 0.6) is 69.0 Å². The van der Waals surface area contributed by atoms with E-state index in [1.807, 2.05) is 0 Å². The summed E-state index contributed by atoms with van der Waals surface area (Å²) in [5.74, 6) is -16.2. The molecular formula is C76H77Cl2N7O31. The van der Waals surface area contributed by atoms with Gasteiger partial charge in [0.15, 0.2) is 35.3 Å². The van der Waals surface area contributed by atoms with E-state index >= 15 is 19.2 Å². The lowest BCUT2D eigenvalue weighted by Crippen LogP contribution is -2.60. The Morgan fingerprint density at radius 3 is 1.74 bits per heavy atom. The normalized spacial score (nSPS) is 28.5. The highest BCUT2D eigenvalue weighted by atomic mass is 35.5. The Balaban J connectivity index is 1.06. The smallest absolute Gasteiger partial charge is 0.330 e. The number of carboxylic acid groups (broad SMARTS) is 1. The standard InChI is InChI=1S/C76H77Cl2N7O31/c77-38-11-27-1-8-44(38)109-48-17-32-18-49(69(48)116-55-23-43(94)64(97)51(25-87)112-55)110-45-9-5-30(15-39(45)78)68(115-54-22-42(93)63(96)50(24-86)111-54)62-74(105)84-61(75(106)107)37-20-34(90)21-47(113-76-67(100)66(99)65(98)52(26-88)114-76)56(37)36-14-29(4-6-40(36)91)58(71(102)85-62)82-73(104)60(32)83-72(103)59(81-53(95)10-2-27)31-12-33(89)19-35(13-31)108-46-16-28(3-7-41(46)92)57(79)70(80)101/h1,3-9,11-21,42-43,50-52,54-55,57-68,76,86-94,96-100H,2,10,22-26,79H2,(H2,80,101)(H,81,95)(H,82,104)(H,83,103)(H,84,105)(H,85,102)(H,106,107)/t42-,43-,50-,51-,52-,54+,55+,57+,58-,59?,60-,61-,62+,63+,64+,65-,66+,67+,68-,76+/m1/s1. The quantitative estimate of drug-likeness (QED) is 0.0651. The molecule has 0 spiro atoms. The van der Waals surface area contributed by atoms with E-state index < -0.39 is 287 Å². The van der Waals surface area contributed by atoms with Crippen LogP contribution < -0.4 is 61.7 Å². The third-order valence-corrected chi connectivity index (χ3v) is 20.7. The van der Waals surface area contributed by atoms with Crippen molar-refractivity contribution in [1.29, 1.82) is 0 Å². The first-order chi connectivity index (χ1) is 55.3. The minimum absolute atomic E-state index is 0.0564. The van der Waals surface area contributed by atoms with E-state index in [-0.39, 0.29) is 45.4 Å². The summed E-state index contributed by atoms with van der Waals surface area (Å²) in [5, 5.41) is 178. The predicted octanol–water partition coefficient (Wildman–Crippen LogP) is 0.191. The van der Waals surface area contributed by atoms with E-state index in [9.17, 15) is 91.0 Å². The van der Waals surface area contributed by atoms with Gasteiger partial charge in [0.2, 0.25) is 53.8 Å². The van der Waals surface area contributed by atoms with Crippen molar-refractivity contribution in [3.05, 3.63) is 164 Å². The van der Waals surface area contributed by atoms with Crippen LogP contribution in [0.15, 0.2) is 115 Å². The highest BCUT2D eigenvalue weighted by Gasteiger charge is 2.49. The summed E-state index contributed by atoms with van der Waals surface area (Å²) >= 11 is 14.3. The number of aliphatic hydroxyl groups excluding tert-OH is 10. The Kier molecular flexibility index (Phi) is 24.6. The lowest BCUT2D eigenvalue weighted by Gasteiger charge is -2.40. The Morgan fingerprint density at radius 2 is 1.10 bits per heavy atom. The van der Waals surface area contributed by atoms with E-state index in [0.29, 0.717) is 5.56 Å². The molecule has 116 heavy (non-hydrogen) atoms. The Labute approximate surface area is 664 Å². The number of benzene rings is 7. The van der Waals surface area contributed by atoms with Crippen molar-refractivity contribution in [2.75, 3.05) is 19.8 Å². The second-order valence-corrected chi connectivity index (χ2v) is 28.8. The SMILES string of the molecule is NC(=O)[C@@H](N)c1ccc(O)c(Oc2cc(O)cc(C3NC(=O)CCc4ccc(c(Cl)c4)Oc4cc5cc(c4O[C@H]4C[C@@H](O)[C@H](O)[C@@H](CO)O4)Oc4ccc(cc4Cl)[C@@H](O[C@H]4C[C@@H](O)[C@H](O)[C@@H](CO)O4)[C@@H]4NC(=O)[C@H](NC(=O)[C@@H]5NC3=O)c3ccc(O)c(c3)-c3c(O[C@H]5O[C@H](CO)[C@@H](O)[C@H](O)[C@@H]5O)cc(O)cc3[C@H](C(=O)O)NC4=O)c2)c1. The molecule has 0 aliphatic carbocycles. The largest absolute Gasteiger partial charge is 0.508 e. The van der Waals surface area contributed by atoms with Crippen LogP contribution in [0.4, 0.5) is 0 Å². The third kappa shape index (κ3) is 17.4. The van der Waals surface area contributed by atoms with Gasteiger partial charge in [-0.3, -0.25) is 28.8 Å². The molecule has 11 bridgehead atoms. The Bertz CT molecular complexity index is 4970. The molecule has 616 valence electrons. The molecule has 7 aromatic rings. The van der Waals surface area contributed by atoms with Gasteiger partial charge in [0.1, 0.15) is 125 Å². The van der Waals surface area contributed by atoms with Gasteiger partial charge in [-0.1, -0.05) is 47.5 Å². The van der Waals surface area contributed by atoms with Crippen LogP contribution >= 0.6 is 23.2 Å². The highest BCUT2D eigenvalue weighted by Crippen LogP contribution is 2.51. The van der Waals surface area contributed by atoms with Gasteiger partial charge in [-0.05, 0) is 119 Å². The van der Waals surface area contributed by atoms with Gasteiger partial charge in [-0.2, -0.15) is 0 Å².